The summed E-state index contributed by atoms with van der Waals surface area (Å²) in [6.07, 6.45) is 63.2. The van der Waals surface area contributed by atoms with Crippen LogP contribution < -0.4 is 0 Å². The number of carbonyl (C=O) groups is 4. The molecular formula is C80H152O17P2. The number of esters is 4. The Kier molecular flexibility index (Phi) is 69.4. The monoisotopic (exact) mass is 1450 g/mol. The van der Waals surface area contributed by atoms with E-state index in [0.29, 0.717) is 25.7 Å². The number of aliphatic hydroxyl groups excluding tert-OH is 1. The molecule has 0 amide bonds. The minimum absolute atomic E-state index is 0.101. The molecule has 0 heterocycles. The van der Waals surface area contributed by atoms with E-state index in [9.17, 15) is 43.2 Å². The number of hydrogen-bond donors (Lipinski definition) is 3. The van der Waals surface area contributed by atoms with E-state index in [-0.39, 0.29) is 25.7 Å². The Bertz CT molecular complexity index is 2000. The van der Waals surface area contributed by atoms with E-state index in [1.54, 1.807) is 0 Å². The highest BCUT2D eigenvalue weighted by Gasteiger charge is 2.30. The van der Waals surface area contributed by atoms with Crippen LogP contribution in [0, 0.1) is 11.8 Å². The van der Waals surface area contributed by atoms with Gasteiger partial charge in [-0.3, -0.25) is 37.3 Å². The summed E-state index contributed by atoms with van der Waals surface area (Å²) in [6.45, 7) is 9.58. The van der Waals surface area contributed by atoms with Crippen LogP contribution in [0.2, 0.25) is 0 Å². The Hall–Kier alpha value is -2.46. The van der Waals surface area contributed by atoms with Gasteiger partial charge in [0.05, 0.1) is 26.4 Å². The highest BCUT2D eigenvalue weighted by atomic mass is 31.2. The van der Waals surface area contributed by atoms with E-state index in [4.69, 9.17) is 37.0 Å². The second-order valence-corrected chi connectivity index (χ2v) is 31.7. The third-order valence-electron chi connectivity index (χ3n) is 18.4. The topological polar surface area (TPSA) is 237 Å². The van der Waals surface area contributed by atoms with Crippen molar-refractivity contribution < 1.29 is 80.2 Å². The van der Waals surface area contributed by atoms with Gasteiger partial charge >= 0.3 is 39.5 Å². The molecule has 0 rings (SSSR count). The number of unbranched alkanes of at least 4 members (excludes halogenated alkanes) is 43. The third kappa shape index (κ3) is 72.3. The molecule has 3 N–H and O–H groups in total. The van der Waals surface area contributed by atoms with Crippen LogP contribution in [-0.2, 0) is 65.4 Å². The average Bonchev–Trinajstić information content (AvgIpc) is 1.22. The molecule has 0 aliphatic rings. The van der Waals surface area contributed by atoms with E-state index in [0.717, 1.165) is 121 Å². The summed E-state index contributed by atoms with van der Waals surface area (Å²) in [7, 11) is -9.93. The van der Waals surface area contributed by atoms with Crippen LogP contribution in [0.3, 0.4) is 0 Å². The Morgan fingerprint density at radius 1 is 0.333 bits per heavy atom. The van der Waals surface area contributed by atoms with Gasteiger partial charge < -0.3 is 33.8 Å². The Labute approximate surface area is 605 Å². The van der Waals surface area contributed by atoms with Crippen LogP contribution in [0.25, 0.3) is 0 Å². The van der Waals surface area contributed by atoms with E-state index < -0.39 is 97.5 Å². The molecule has 99 heavy (non-hydrogen) atoms. The zero-order chi connectivity index (χ0) is 72.8. The first-order chi connectivity index (χ1) is 47.9. The number of phosphoric acid groups is 2. The van der Waals surface area contributed by atoms with Crippen molar-refractivity contribution in [3.8, 4) is 0 Å². The number of ether oxygens (including phenoxy) is 4. The van der Waals surface area contributed by atoms with Crippen molar-refractivity contribution in [2.45, 2.75) is 413 Å². The van der Waals surface area contributed by atoms with Gasteiger partial charge in [0.1, 0.15) is 19.3 Å². The van der Waals surface area contributed by atoms with Crippen molar-refractivity contribution in [1.82, 2.24) is 0 Å². The highest BCUT2D eigenvalue weighted by Crippen LogP contribution is 2.45. The Morgan fingerprint density at radius 2 is 0.596 bits per heavy atom. The van der Waals surface area contributed by atoms with Crippen LogP contribution in [-0.4, -0.2) is 96.7 Å². The van der Waals surface area contributed by atoms with Gasteiger partial charge in [-0.15, -0.1) is 0 Å². The number of carbonyl (C=O) groups excluding carboxylic acids is 4. The lowest BCUT2D eigenvalue weighted by molar-refractivity contribution is -0.161. The van der Waals surface area contributed by atoms with Crippen molar-refractivity contribution in [3.63, 3.8) is 0 Å². The maximum absolute atomic E-state index is 13.1. The number of allylic oxidation sites excluding steroid dienone is 4. The molecule has 584 valence electrons. The molecule has 0 aliphatic carbocycles. The fourth-order valence-electron chi connectivity index (χ4n) is 11.8. The smallest absolute Gasteiger partial charge is 0.462 e. The van der Waals surface area contributed by atoms with Crippen molar-refractivity contribution >= 4 is 39.5 Å². The van der Waals surface area contributed by atoms with E-state index in [1.807, 2.05) is 0 Å². The Balaban J connectivity index is 5.26. The molecule has 0 bridgehead atoms. The molecule has 0 aliphatic heterocycles. The molecule has 0 saturated carbocycles. The van der Waals surface area contributed by atoms with Gasteiger partial charge in [0, 0.05) is 25.7 Å². The normalized spacial score (nSPS) is 14.4. The molecule has 0 fully saturated rings. The predicted molar refractivity (Wildman–Crippen MR) is 404 cm³/mol. The zero-order valence-corrected chi connectivity index (χ0v) is 66.1. The van der Waals surface area contributed by atoms with Crippen LogP contribution in [0.4, 0.5) is 0 Å². The number of aliphatic hydroxyl groups is 1. The maximum atomic E-state index is 13.1. The first kappa shape index (κ1) is 96.5. The van der Waals surface area contributed by atoms with Gasteiger partial charge in [0.25, 0.3) is 0 Å². The van der Waals surface area contributed by atoms with Crippen molar-refractivity contribution in [2.75, 3.05) is 39.6 Å². The zero-order valence-electron chi connectivity index (χ0n) is 64.3. The SMILES string of the molecule is CCCCCC/C=C\C=C/CCCCCCCC(=O)OC[C@H](COP(=O)(O)OC[C@@H](O)COP(=O)(O)OC[C@@H](COC(=O)CCCCCCCCCCCCC)OC(=O)CCCCCCCCCCC(C)CC)OC(=O)CCCCCCCCCCCCCCCCCCCCC(C)C. The van der Waals surface area contributed by atoms with Crippen LogP contribution in [0.15, 0.2) is 24.3 Å². The molecule has 0 aromatic carbocycles. The molecule has 0 saturated heterocycles. The number of rotatable bonds is 77. The lowest BCUT2D eigenvalue weighted by Crippen LogP contribution is -2.30. The van der Waals surface area contributed by atoms with E-state index in [2.05, 4.69) is 65.8 Å². The summed E-state index contributed by atoms with van der Waals surface area (Å²) < 4.78 is 68.6. The van der Waals surface area contributed by atoms with Gasteiger partial charge in [0.2, 0.25) is 0 Å². The molecule has 0 radical (unpaired) electrons. The molecule has 6 atom stereocenters. The van der Waals surface area contributed by atoms with Crippen molar-refractivity contribution in [1.29, 1.82) is 0 Å². The molecule has 0 aromatic heterocycles. The van der Waals surface area contributed by atoms with Crippen molar-refractivity contribution in [3.05, 3.63) is 24.3 Å². The summed E-state index contributed by atoms with van der Waals surface area (Å²) in [5, 5.41) is 10.6. The van der Waals surface area contributed by atoms with Gasteiger partial charge in [-0.2, -0.15) is 0 Å². The van der Waals surface area contributed by atoms with Crippen LogP contribution in [0.1, 0.15) is 395 Å². The number of hydrogen-bond acceptors (Lipinski definition) is 15. The molecule has 0 aromatic rings. The van der Waals surface area contributed by atoms with E-state index in [1.165, 1.54) is 193 Å². The second-order valence-electron chi connectivity index (χ2n) is 28.8. The van der Waals surface area contributed by atoms with E-state index >= 15 is 0 Å². The molecule has 0 spiro atoms. The summed E-state index contributed by atoms with van der Waals surface area (Å²) in [6, 6.07) is 0. The fraction of sp³-hybridized carbons (Fsp3) is 0.900. The standard InChI is InChI=1S/C80H152O17P2/c1-7-10-12-14-16-18-20-21-26-30-34-38-45-51-57-63-78(83)91-68-75(96-79(84)64-58-52-46-39-35-31-28-25-23-22-24-27-29-33-36-42-48-54-60-72(4)5)70-94-98(86,87)92-66-74(81)67-93-99(88,89)95-71-76(69-90-77(82)62-56-50-44-37-32-19-17-15-13-11-8-2)97-80(85)65-59-53-47-41-40-43-49-55-61-73(6)9-3/h18,20-21,26,72-76,81H,7-17,19,22-25,27-71H2,1-6H3,(H,86,87)(H,88,89)/b20-18-,26-21-/t73?,74-,75-,76-/m1/s1. The minimum atomic E-state index is -4.97. The van der Waals surface area contributed by atoms with Gasteiger partial charge in [0.15, 0.2) is 12.2 Å². The molecule has 3 unspecified atom stereocenters. The third-order valence-corrected chi connectivity index (χ3v) is 20.3. The summed E-state index contributed by atoms with van der Waals surface area (Å²) in [5.74, 6) is -0.555. The second kappa shape index (κ2) is 71.2. The van der Waals surface area contributed by atoms with Crippen LogP contribution in [0.5, 0.6) is 0 Å². The highest BCUT2D eigenvalue weighted by molar-refractivity contribution is 7.47. The molecule has 17 nitrogen and oxygen atoms in total. The maximum Gasteiger partial charge on any atom is 0.472 e. The Morgan fingerprint density at radius 3 is 0.909 bits per heavy atom. The number of phosphoric ester groups is 2. The predicted octanol–water partition coefficient (Wildman–Crippen LogP) is 23.4. The van der Waals surface area contributed by atoms with Gasteiger partial charge in [-0.05, 0) is 63.2 Å². The largest absolute Gasteiger partial charge is 0.472 e. The summed E-state index contributed by atoms with van der Waals surface area (Å²) in [4.78, 5) is 72.9. The van der Waals surface area contributed by atoms with Gasteiger partial charge in [-0.1, -0.05) is 342 Å². The lowest BCUT2D eigenvalue weighted by atomic mass is 9.99. The average molecular weight is 1450 g/mol. The summed E-state index contributed by atoms with van der Waals surface area (Å²) in [5.41, 5.74) is 0. The minimum Gasteiger partial charge on any atom is -0.462 e. The van der Waals surface area contributed by atoms with Gasteiger partial charge in [-0.25, -0.2) is 9.13 Å². The quantitative estimate of drug-likeness (QED) is 0.0169. The molecule has 19 heteroatoms. The molecular weight excluding hydrogens is 1290 g/mol. The lowest BCUT2D eigenvalue weighted by Gasteiger charge is -2.21. The first-order valence-corrected chi connectivity index (χ1v) is 43.8. The summed E-state index contributed by atoms with van der Waals surface area (Å²) >= 11 is 0. The van der Waals surface area contributed by atoms with Crippen molar-refractivity contribution in [2.24, 2.45) is 11.8 Å². The fourth-order valence-corrected chi connectivity index (χ4v) is 13.4. The first-order valence-electron chi connectivity index (χ1n) is 40.8. The van der Waals surface area contributed by atoms with Crippen LogP contribution >= 0.6 is 15.6 Å².